The summed E-state index contributed by atoms with van der Waals surface area (Å²) in [7, 11) is 0. The summed E-state index contributed by atoms with van der Waals surface area (Å²) in [6, 6.07) is 17.4. The number of hydrogen-bond donors (Lipinski definition) is 0. The molecule has 166 valence electrons. The molecule has 0 bridgehead atoms. The maximum atomic E-state index is 13.2. The van der Waals surface area contributed by atoms with E-state index >= 15 is 0 Å². The van der Waals surface area contributed by atoms with Gasteiger partial charge < -0.3 is 9.64 Å². The molecule has 7 nitrogen and oxygen atoms in total. The van der Waals surface area contributed by atoms with E-state index in [1.807, 2.05) is 35.2 Å². The van der Waals surface area contributed by atoms with Crippen molar-refractivity contribution in [2.45, 2.75) is 38.3 Å². The van der Waals surface area contributed by atoms with Crippen LogP contribution in [0.4, 0.5) is 0 Å². The van der Waals surface area contributed by atoms with Crippen LogP contribution < -0.4 is 5.56 Å². The van der Waals surface area contributed by atoms with Crippen molar-refractivity contribution < 1.29 is 9.53 Å². The molecule has 1 aliphatic carbocycles. The minimum Gasteiger partial charge on any atom is -0.370 e. The highest BCUT2D eigenvalue weighted by molar-refractivity contribution is 5.79. The highest BCUT2D eigenvalue weighted by Crippen LogP contribution is 2.32. The summed E-state index contributed by atoms with van der Waals surface area (Å²) in [4.78, 5) is 27.9. The number of nitrogens with zero attached hydrogens (tertiary/aromatic N) is 4. The average molecular weight is 433 g/mol. The van der Waals surface area contributed by atoms with Crippen LogP contribution in [0.15, 0.2) is 59.4 Å². The minimum absolute atomic E-state index is 0.0522. The molecule has 5 rings (SSSR count). The third-order valence-electron chi connectivity index (χ3n) is 6.81. The molecule has 2 aromatic carbocycles. The SMILES string of the molecule is O=C(C1CCC(Cn2nnc3ccccc3c2=O)CC1)N1CCO[C@@H](c2ccccc2)C1. The highest BCUT2D eigenvalue weighted by Gasteiger charge is 2.33. The van der Waals surface area contributed by atoms with Crippen LogP contribution in [-0.4, -0.2) is 45.5 Å². The van der Waals surface area contributed by atoms with Gasteiger partial charge in [-0.2, -0.15) is 0 Å². The van der Waals surface area contributed by atoms with Gasteiger partial charge in [0.2, 0.25) is 5.91 Å². The fraction of sp³-hybridized carbons (Fsp3) is 0.440. The Hall–Kier alpha value is -3.06. The second-order valence-electron chi connectivity index (χ2n) is 8.87. The predicted octanol–water partition coefficient (Wildman–Crippen LogP) is 3.20. The smallest absolute Gasteiger partial charge is 0.277 e. The molecule has 1 saturated carbocycles. The normalized spacial score (nSPS) is 23.9. The van der Waals surface area contributed by atoms with E-state index in [1.165, 1.54) is 4.68 Å². The molecule has 0 spiro atoms. The number of carbonyl (C=O) groups is 1. The third-order valence-corrected chi connectivity index (χ3v) is 6.81. The van der Waals surface area contributed by atoms with Crippen molar-refractivity contribution in [1.29, 1.82) is 0 Å². The number of hydrogen-bond acceptors (Lipinski definition) is 5. The predicted molar refractivity (Wildman–Crippen MR) is 121 cm³/mol. The summed E-state index contributed by atoms with van der Waals surface area (Å²) in [5, 5.41) is 8.92. The Labute approximate surface area is 187 Å². The summed E-state index contributed by atoms with van der Waals surface area (Å²) in [6.07, 6.45) is 3.50. The molecule has 1 atom stereocenters. The summed E-state index contributed by atoms with van der Waals surface area (Å²) >= 11 is 0. The molecule has 0 unspecified atom stereocenters. The Bertz CT molecular complexity index is 1140. The Kier molecular flexibility index (Phi) is 5.99. The van der Waals surface area contributed by atoms with Gasteiger partial charge in [0, 0.05) is 19.0 Å². The molecule has 2 heterocycles. The molecule has 2 fully saturated rings. The first kappa shape index (κ1) is 20.8. The number of fused-ring (bicyclic) bond motifs is 1. The Balaban J connectivity index is 1.18. The van der Waals surface area contributed by atoms with Crippen molar-refractivity contribution in [3.05, 3.63) is 70.5 Å². The molecular formula is C25H28N4O3. The van der Waals surface area contributed by atoms with Crippen molar-refractivity contribution in [3.8, 4) is 0 Å². The van der Waals surface area contributed by atoms with Crippen LogP contribution in [0.2, 0.25) is 0 Å². The summed E-state index contributed by atoms with van der Waals surface area (Å²) < 4.78 is 7.41. The monoisotopic (exact) mass is 432 g/mol. The lowest BCUT2D eigenvalue weighted by molar-refractivity contribution is -0.144. The van der Waals surface area contributed by atoms with Gasteiger partial charge in [-0.25, -0.2) is 4.68 Å². The standard InChI is InChI=1S/C25H28N4O3/c30-24(28-14-15-32-23(17-28)19-6-2-1-3-7-19)20-12-10-18(11-13-20)16-29-25(31)21-8-4-5-9-22(21)26-27-29/h1-9,18,20,23H,10-17H2/t18?,20?,23-/m1/s1. The Morgan fingerprint density at radius 1 is 1.00 bits per heavy atom. The van der Waals surface area contributed by atoms with Crippen molar-refractivity contribution >= 4 is 16.8 Å². The van der Waals surface area contributed by atoms with Crippen LogP contribution in [-0.2, 0) is 16.1 Å². The van der Waals surface area contributed by atoms with E-state index in [4.69, 9.17) is 4.74 Å². The molecule has 1 amide bonds. The van der Waals surface area contributed by atoms with Crippen LogP contribution in [0.1, 0.15) is 37.4 Å². The van der Waals surface area contributed by atoms with Crippen molar-refractivity contribution in [2.24, 2.45) is 11.8 Å². The molecule has 32 heavy (non-hydrogen) atoms. The van der Waals surface area contributed by atoms with E-state index in [-0.39, 0.29) is 23.5 Å². The molecule has 3 aromatic rings. The number of aromatic nitrogens is 3. The van der Waals surface area contributed by atoms with Crippen LogP contribution in [0.25, 0.3) is 10.9 Å². The zero-order valence-electron chi connectivity index (χ0n) is 18.1. The van der Waals surface area contributed by atoms with E-state index in [9.17, 15) is 9.59 Å². The molecule has 1 saturated heterocycles. The highest BCUT2D eigenvalue weighted by atomic mass is 16.5. The van der Waals surface area contributed by atoms with Crippen molar-refractivity contribution in [1.82, 2.24) is 19.9 Å². The number of rotatable bonds is 4. The number of benzene rings is 2. The Morgan fingerprint density at radius 3 is 2.56 bits per heavy atom. The van der Waals surface area contributed by atoms with Gasteiger partial charge >= 0.3 is 0 Å². The van der Waals surface area contributed by atoms with Crippen LogP contribution in [0.5, 0.6) is 0 Å². The summed E-state index contributed by atoms with van der Waals surface area (Å²) in [6.45, 7) is 2.41. The van der Waals surface area contributed by atoms with Gasteiger partial charge in [0.15, 0.2) is 0 Å². The van der Waals surface area contributed by atoms with Crippen LogP contribution in [0.3, 0.4) is 0 Å². The molecular weight excluding hydrogens is 404 g/mol. The third kappa shape index (κ3) is 4.30. The molecule has 1 aliphatic heterocycles. The van der Waals surface area contributed by atoms with Gasteiger partial charge in [-0.1, -0.05) is 47.7 Å². The van der Waals surface area contributed by atoms with Crippen molar-refractivity contribution in [3.63, 3.8) is 0 Å². The lowest BCUT2D eigenvalue weighted by atomic mass is 9.81. The second kappa shape index (κ2) is 9.20. The zero-order chi connectivity index (χ0) is 21.9. The number of ether oxygens (including phenoxy) is 1. The van der Waals surface area contributed by atoms with E-state index < -0.39 is 0 Å². The zero-order valence-corrected chi connectivity index (χ0v) is 18.1. The molecule has 7 heteroatoms. The van der Waals surface area contributed by atoms with Gasteiger partial charge in [-0.3, -0.25) is 9.59 Å². The maximum Gasteiger partial charge on any atom is 0.277 e. The largest absolute Gasteiger partial charge is 0.370 e. The first-order valence-corrected chi connectivity index (χ1v) is 11.5. The van der Waals surface area contributed by atoms with Gasteiger partial charge in [0.1, 0.15) is 11.6 Å². The minimum atomic E-state index is -0.0888. The first-order valence-electron chi connectivity index (χ1n) is 11.5. The van der Waals surface area contributed by atoms with Crippen LogP contribution >= 0.6 is 0 Å². The van der Waals surface area contributed by atoms with Crippen molar-refractivity contribution in [2.75, 3.05) is 19.7 Å². The first-order chi connectivity index (χ1) is 15.7. The fourth-order valence-electron chi connectivity index (χ4n) is 4.96. The van der Waals surface area contributed by atoms with Crippen LogP contribution in [0, 0.1) is 11.8 Å². The maximum absolute atomic E-state index is 13.2. The molecule has 2 aliphatic rings. The lowest BCUT2D eigenvalue weighted by Crippen LogP contribution is -2.45. The van der Waals surface area contributed by atoms with E-state index in [0.717, 1.165) is 31.2 Å². The Morgan fingerprint density at radius 2 is 1.75 bits per heavy atom. The molecule has 1 aromatic heterocycles. The van der Waals surface area contributed by atoms with E-state index in [1.54, 1.807) is 12.1 Å². The van der Waals surface area contributed by atoms with E-state index in [0.29, 0.717) is 43.1 Å². The van der Waals surface area contributed by atoms with Gasteiger partial charge in [-0.15, -0.1) is 5.10 Å². The second-order valence-corrected chi connectivity index (χ2v) is 8.87. The number of morpholine rings is 1. The van der Waals surface area contributed by atoms with Gasteiger partial charge in [0.05, 0.1) is 18.5 Å². The quantitative estimate of drug-likeness (QED) is 0.633. The number of carbonyl (C=O) groups excluding carboxylic acids is 1. The fourth-order valence-corrected chi connectivity index (χ4v) is 4.96. The average Bonchev–Trinajstić information content (AvgIpc) is 2.86. The topological polar surface area (TPSA) is 77.3 Å². The molecule has 0 radical (unpaired) electrons. The molecule has 0 N–H and O–H groups in total. The van der Waals surface area contributed by atoms with Gasteiger partial charge in [-0.05, 0) is 49.3 Å². The number of amides is 1. The van der Waals surface area contributed by atoms with Gasteiger partial charge in [0.25, 0.3) is 5.56 Å². The summed E-state index contributed by atoms with van der Waals surface area (Å²) in [5.74, 6) is 0.643. The summed E-state index contributed by atoms with van der Waals surface area (Å²) in [5.41, 5.74) is 1.66. The lowest BCUT2D eigenvalue weighted by Gasteiger charge is -2.37. The van der Waals surface area contributed by atoms with E-state index in [2.05, 4.69) is 22.4 Å².